The van der Waals surface area contributed by atoms with Crippen LogP contribution >= 0.6 is 23.2 Å². The molecule has 1 aliphatic rings. The molecule has 1 amide bonds. The van der Waals surface area contributed by atoms with Crippen molar-refractivity contribution in [3.05, 3.63) is 69.8 Å². The normalized spacial score (nSPS) is 16.2. The van der Waals surface area contributed by atoms with Gasteiger partial charge in [0.05, 0.1) is 0 Å². The van der Waals surface area contributed by atoms with Crippen molar-refractivity contribution in [2.75, 3.05) is 19.8 Å². The van der Waals surface area contributed by atoms with Gasteiger partial charge >= 0.3 is 0 Å². The Hall–Kier alpha value is -2.01. The van der Waals surface area contributed by atoms with Crippen LogP contribution in [0.25, 0.3) is 10.9 Å². The van der Waals surface area contributed by atoms with E-state index in [0.29, 0.717) is 29.8 Å². The zero-order valence-electron chi connectivity index (χ0n) is 15.4. The fraction of sp³-hybridized carbons (Fsp3) is 0.318. The number of ether oxygens (including phenoxy) is 1. The molecule has 4 nitrogen and oxygen atoms in total. The van der Waals surface area contributed by atoms with E-state index in [1.54, 1.807) is 6.07 Å². The van der Waals surface area contributed by atoms with Gasteiger partial charge in [0.15, 0.2) is 0 Å². The average Bonchev–Trinajstić information content (AvgIpc) is 3.14. The number of para-hydroxylation sites is 1. The van der Waals surface area contributed by atoms with Crippen LogP contribution in [0.3, 0.4) is 0 Å². The number of hydrogen-bond acceptors (Lipinski definition) is 2. The SMILES string of the molecule is O=C(NCC(c1ccc(Cl)cc1Cl)c1c[nH]c2ccccc12)C1CCOCC1. The molecule has 1 aliphatic heterocycles. The number of carbonyl (C=O) groups excluding carboxylic acids is 1. The minimum atomic E-state index is -0.0790. The second-order valence-corrected chi connectivity index (χ2v) is 7.98. The molecule has 1 unspecified atom stereocenters. The first-order valence-corrected chi connectivity index (χ1v) is 10.3. The Bertz CT molecular complexity index is 980. The summed E-state index contributed by atoms with van der Waals surface area (Å²) in [6, 6.07) is 13.7. The second-order valence-electron chi connectivity index (χ2n) is 7.14. The lowest BCUT2D eigenvalue weighted by Gasteiger charge is -2.24. The summed E-state index contributed by atoms with van der Waals surface area (Å²) >= 11 is 12.6. The number of aromatic nitrogens is 1. The van der Waals surface area contributed by atoms with E-state index in [1.807, 2.05) is 36.5 Å². The van der Waals surface area contributed by atoms with Crippen LogP contribution in [0.5, 0.6) is 0 Å². The number of benzene rings is 2. The first-order chi connectivity index (χ1) is 13.6. The zero-order valence-corrected chi connectivity index (χ0v) is 16.9. The minimum Gasteiger partial charge on any atom is -0.381 e. The van der Waals surface area contributed by atoms with Crippen molar-refractivity contribution in [1.29, 1.82) is 0 Å². The smallest absolute Gasteiger partial charge is 0.223 e. The standard InChI is InChI=1S/C22H22Cl2N2O2/c23-15-5-6-16(20(24)11-15)18(13-26-22(27)14-7-9-28-10-8-14)19-12-25-21-4-2-1-3-17(19)21/h1-6,11-12,14,18,25H,7-10,13H2,(H,26,27). The lowest BCUT2D eigenvalue weighted by Crippen LogP contribution is -2.36. The molecule has 3 aromatic rings. The van der Waals surface area contributed by atoms with Crippen molar-refractivity contribution in [2.45, 2.75) is 18.8 Å². The van der Waals surface area contributed by atoms with Gasteiger partial charge in [0.1, 0.15) is 0 Å². The molecule has 0 spiro atoms. The summed E-state index contributed by atoms with van der Waals surface area (Å²) in [5, 5.41) is 5.46. The highest BCUT2D eigenvalue weighted by molar-refractivity contribution is 6.35. The van der Waals surface area contributed by atoms with E-state index >= 15 is 0 Å². The summed E-state index contributed by atoms with van der Waals surface area (Å²) in [5.41, 5.74) is 3.11. The first kappa shape index (κ1) is 19.3. The Morgan fingerprint density at radius 1 is 1.14 bits per heavy atom. The molecular formula is C22H22Cl2N2O2. The Morgan fingerprint density at radius 2 is 1.93 bits per heavy atom. The molecule has 4 rings (SSSR count). The summed E-state index contributed by atoms with van der Waals surface area (Å²) in [6.07, 6.45) is 3.54. The van der Waals surface area contributed by atoms with Crippen LogP contribution in [-0.2, 0) is 9.53 Å². The van der Waals surface area contributed by atoms with E-state index < -0.39 is 0 Å². The highest BCUT2D eigenvalue weighted by Crippen LogP contribution is 2.35. The molecule has 1 saturated heterocycles. The minimum absolute atomic E-state index is 0.0121. The van der Waals surface area contributed by atoms with E-state index in [1.165, 1.54) is 0 Å². The van der Waals surface area contributed by atoms with E-state index in [-0.39, 0.29) is 17.7 Å². The average molecular weight is 417 g/mol. The maximum Gasteiger partial charge on any atom is 0.223 e. The highest BCUT2D eigenvalue weighted by atomic mass is 35.5. The zero-order chi connectivity index (χ0) is 19.5. The summed E-state index contributed by atoms with van der Waals surface area (Å²) < 4.78 is 5.36. The molecule has 146 valence electrons. The Balaban J connectivity index is 1.64. The summed E-state index contributed by atoms with van der Waals surface area (Å²) in [7, 11) is 0. The van der Waals surface area contributed by atoms with Gasteiger partial charge < -0.3 is 15.0 Å². The Morgan fingerprint density at radius 3 is 2.71 bits per heavy atom. The van der Waals surface area contributed by atoms with Crippen molar-refractivity contribution in [3.8, 4) is 0 Å². The summed E-state index contributed by atoms with van der Waals surface area (Å²) in [5.74, 6) is 0.0148. The highest BCUT2D eigenvalue weighted by Gasteiger charge is 2.25. The predicted molar refractivity (Wildman–Crippen MR) is 113 cm³/mol. The molecule has 1 fully saturated rings. The van der Waals surface area contributed by atoms with Gasteiger partial charge in [-0.2, -0.15) is 0 Å². The van der Waals surface area contributed by atoms with Crippen LogP contribution < -0.4 is 5.32 Å². The number of nitrogens with one attached hydrogen (secondary N) is 2. The Labute approximate surface area is 174 Å². The van der Waals surface area contributed by atoms with Gasteiger partial charge in [-0.25, -0.2) is 0 Å². The summed E-state index contributed by atoms with van der Waals surface area (Å²) in [6.45, 7) is 1.76. The molecule has 6 heteroatoms. The van der Waals surface area contributed by atoms with Gasteiger partial charge in [0.2, 0.25) is 5.91 Å². The molecule has 0 saturated carbocycles. The van der Waals surface area contributed by atoms with Crippen molar-refractivity contribution < 1.29 is 9.53 Å². The predicted octanol–water partition coefficient (Wildman–Crippen LogP) is 5.15. The van der Waals surface area contributed by atoms with Crippen LogP contribution in [0, 0.1) is 5.92 Å². The number of halogens is 2. The van der Waals surface area contributed by atoms with Crippen LogP contribution in [0.4, 0.5) is 0 Å². The number of fused-ring (bicyclic) bond motifs is 1. The Kier molecular flexibility index (Phi) is 5.90. The summed E-state index contributed by atoms with van der Waals surface area (Å²) in [4.78, 5) is 16.0. The van der Waals surface area contributed by atoms with Gasteiger partial charge in [-0.3, -0.25) is 4.79 Å². The molecule has 0 aliphatic carbocycles. The van der Waals surface area contributed by atoms with Crippen molar-refractivity contribution in [2.24, 2.45) is 5.92 Å². The third kappa shape index (κ3) is 4.04. The third-order valence-electron chi connectivity index (χ3n) is 5.41. The molecule has 2 N–H and O–H groups in total. The number of amides is 1. The van der Waals surface area contributed by atoms with Gasteiger partial charge in [-0.05, 0) is 42.2 Å². The van der Waals surface area contributed by atoms with Crippen molar-refractivity contribution in [1.82, 2.24) is 10.3 Å². The third-order valence-corrected chi connectivity index (χ3v) is 5.97. The van der Waals surface area contributed by atoms with Crippen LogP contribution in [0.15, 0.2) is 48.7 Å². The van der Waals surface area contributed by atoms with Crippen LogP contribution in [0.2, 0.25) is 10.0 Å². The number of aromatic amines is 1. The van der Waals surface area contributed by atoms with Gasteiger partial charge in [-0.1, -0.05) is 47.5 Å². The van der Waals surface area contributed by atoms with Crippen molar-refractivity contribution >= 4 is 40.0 Å². The van der Waals surface area contributed by atoms with Gasteiger partial charge in [0, 0.05) is 58.7 Å². The maximum absolute atomic E-state index is 12.7. The lowest BCUT2D eigenvalue weighted by atomic mass is 9.90. The number of H-pyrrole nitrogens is 1. The number of carbonyl (C=O) groups is 1. The molecule has 0 bridgehead atoms. The molecule has 2 heterocycles. The number of rotatable bonds is 5. The topological polar surface area (TPSA) is 54.1 Å². The molecular weight excluding hydrogens is 395 g/mol. The van der Waals surface area contributed by atoms with E-state index in [2.05, 4.69) is 16.4 Å². The lowest BCUT2D eigenvalue weighted by molar-refractivity contribution is -0.127. The monoisotopic (exact) mass is 416 g/mol. The quantitative estimate of drug-likeness (QED) is 0.603. The number of hydrogen-bond donors (Lipinski definition) is 2. The molecule has 2 aromatic carbocycles. The molecule has 1 aromatic heterocycles. The van der Waals surface area contributed by atoms with Crippen LogP contribution in [-0.4, -0.2) is 30.6 Å². The largest absolute Gasteiger partial charge is 0.381 e. The fourth-order valence-electron chi connectivity index (χ4n) is 3.86. The van der Waals surface area contributed by atoms with Crippen LogP contribution in [0.1, 0.15) is 29.9 Å². The first-order valence-electron chi connectivity index (χ1n) is 9.50. The molecule has 0 radical (unpaired) electrons. The van der Waals surface area contributed by atoms with Gasteiger partial charge in [0.25, 0.3) is 0 Å². The maximum atomic E-state index is 12.7. The van der Waals surface area contributed by atoms with Crippen molar-refractivity contribution in [3.63, 3.8) is 0 Å². The molecule has 1 atom stereocenters. The second kappa shape index (κ2) is 8.56. The van der Waals surface area contributed by atoms with E-state index in [9.17, 15) is 4.79 Å². The van der Waals surface area contributed by atoms with E-state index in [4.69, 9.17) is 27.9 Å². The molecule has 28 heavy (non-hydrogen) atoms. The fourth-order valence-corrected chi connectivity index (χ4v) is 4.40. The van der Waals surface area contributed by atoms with E-state index in [0.717, 1.165) is 34.9 Å². The van der Waals surface area contributed by atoms with Gasteiger partial charge in [-0.15, -0.1) is 0 Å².